The smallest absolute Gasteiger partial charge is 0.299 e. The highest BCUT2D eigenvalue weighted by Gasteiger charge is 2.37. The topological polar surface area (TPSA) is 37.4 Å². The lowest BCUT2D eigenvalue weighted by Gasteiger charge is -2.16. The van der Waals surface area contributed by atoms with Gasteiger partial charge < -0.3 is 4.90 Å². The molecular weight excluding hydrogens is 221 g/mol. The molecule has 0 aromatic heterocycles. The van der Waals surface area contributed by atoms with Crippen molar-refractivity contribution >= 4 is 17.4 Å². The summed E-state index contributed by atoms with van der Waals surface area (Å²) in [6, 6.07) is 2.87. The Morgan fingerprint density at radius 2 is 2.12 bits per heavy atom. The Balaban J connectivity index is 2.52. The van der Waals surface area contributed by atoms with Gasteiger partial charge in [0.2, 0.25) is 0 Å². The number of aryl methyl sites for hydroxylation is 1. The van der Waals surface area contributed by atoms with Crippen molar-refractivity contribution in [1.82, 2.24) is 0 Å². The normalized spacial score (nSPS) is 14.1. The summed E-state index contributed by atoms with van der Waals surface area (Å²) in [5.74, 6) is -1.82. The molecule has 0 atom stereocenters. The average Bonchev–Trinajstić information content (AvgIpc) is 2.51. The first-order valence-electron chi connectivity index (χ1n) is 5.33. The average molecular weight is 233 g/mol. The van der Waals surface area contributed by atoms with Crippen molar-refractivity contribution in [2.75, 3.05) is 11.4 Å². The monoisotopic (exact) mass is 233 g/mol. The predicted molar refractivity (Wildman–Crippen MR) is 62.6 cm³/mol. The lowest BCUT2D eigenvalue weighted by molar-refractivity contribution is -0.114. The van der Waals surface area contributed by atoms with E-state index in [2.05, 4.69) is 6.58 Å². The highest BCUT2D eigenvalue weighted by atomic mass is 19.1. The Morgan fingerprint density at radius 3 is 2.76 bits per heavy atom. The molecule has 4 heteroatoms. The summed E-state index contributed by atoms with van der Waals surface area (Å²) in [6.07, 6.45) is 2.15. The molecule has 1 heterocycles. The van der Waals surface area contributed by atoms with E-state index in [1.54, 1.807) is 19.1 Å². The number of anilines is 1. The number of Topliss-reactive ketones (excluding diaryl/α,β-unsaturated/α-hetero) is 1. The van der Waals surface area contributed by atoms with Crippen LogP contribution in [0.3, 0.4) is 0 Å². The molecule has 17 heavy (non-hydrogen) atoms. The number of benzene rings is 1. The van der Waals surface area contributed by atoms with Crippen molar-refractivity contribution in [3.63, 3.8) is 0 Å². The van der Waals surface area contributed by atoms with Crippen LogP contribution < -0.4 is 4.90 Å². The zero-order valence-electron chi connectivity index (χ0n) is 9.50. The number of hydrogen-bond acceptors (Lipinski definition) is 2. The van der Waals surface area contributed by atoms with E-state index in [0.717, 1.165) is 0 Å². The molecule has 2 rings (SSSR count). The molecule has 0 radical (unpaired) electrons. The third-order valence-corrected chi connectivity index (χ3v) is 2.72. The lowest BCUT2D eigenvalue weighted by atomic mass is 10.1. The molecule has 1 aromatic rings. The summed E-state index contributed by atoms with van der Waals surface area (Å²) < 4.78 is 13.8. The van der Waals surface area contributed by atoms with Crippen LogP contribution in [0.15, 0.2) is 24.8 Å². The van der Waals surface area contributed by atoms with Gasteiger partial charge in [0, 0.05) is 6.54 Å². The number of nitrogens with zero attached hydrogens (tertiary/aromatic N) is 1. The number of hydrogen-bond donors (Lipinski definition) is 0. The van der Waals surface area contributed by atoms with Crippen LogP contribution >= 0.6 is 0 Å². The fraction of sp³-hybridized carbons (Fsp3) is 0.231. The van der Waals surface area contributed by atoms with Crippen molar-refractivity contribution < 1.29 is 14.0 Å². The Hall–Kier alpha value is -1.97. The molecule has 1 aliphatic heterocycles. The van der Waals surface area contributed by atoms with Crippen LogP contribution in [0.25, 0.3) is 0 Å². The number of halogens is 1. The van der Waals surface area contributed by atoms with Crippen molar-refractivity contribution in [2.45, 2.75) is 13.3 Å². The molecule has 0 saturated carbocycles. The maximum Gasteiger partial charge on any atom is 0.299 e. The Labute approximate surface area is 98.5 Å². The van der Waals surface area contributed by atoms with Crippen LogP contribution in [-0.4, -0.2) is 18.2 Å². The van der Waals surface area contributed by atoms with Gasteiger partial charge in [0.25, 0.3) is 11.7 Å². The minimum absolute atomic E-state index is 0.104. The van der Waals surface area contributed by atoms with Gasteiger partial charge in [-0.1, -0.05) is 6.08 Å². The Morgan fingerprint density at radius 1 is 1.41 bits per heavy atom. The van der Waals surface area contributed by atoms with Crippen LogP contribution in [0.1, 0.15) is 22.3 Å². The Bertz CT molecular complexity index is 522. The lowest BCUT2D eigenvalue weighted by Crippen LogP contribution is -2.30. The first kappa shape index (κ1) is 11.5. The van der Waals surface area contributed by atoms with Gasteiger partial charge >= 0.3 is 0 Å². The summed E-state index contributed by atoms with van der Waals surface area (Å²) in [6.45, 7) is 5.51. The van der Waals surface area contributed by atoms with Crippen molar-refractivity contribution in [2.24, 2.45) is 0 Å². The van der Waals surface area contributed by atoms with E-state index in [1.165, 1.54) is 11.0 Å². The second-order valence-electron chi connectivity index (χ2n) is 4.01. The second-order valence-corrected chi connectivity index (χ2v) is 4.01. The molecule has 1 amide bonds. The Kier molecular flexibility index (Phi) is 2.79. The van der Waals surface area contributed by atoms with Gasteiger partial charge in [-0.15, -0.1) is 6.58 Å². The quantitative estimate of drug-likeness (QED) is 0.593. The van der Waals surface area contributed by atoms with Crippen LogP contribution in [0, 0.1) is 12.7 Å². The standard InChI is InChI=1S/C13H12FNO2/c1-3-4-5-15-11-9(12(16)13(15)17)6-8(2)7-10(11)14/h3,6-7H,1,4-5H2,2H3. The van der Waals surface area contributed by atoms with Gasteiger partial charge in [0.15, 0.2) is 0 Å². The largest absolute Gasteiger partial charge is 0.302 e. The summed E-state index contributed by atoms with van der Waals surface area (Å²) in [7, 11) is 0. The molecule has 3 nitrogen and oxygen atoms in total. The second kappa shape index (κ2) is 4.13. The van der Waals surface area contributed by atoms with Crippen molar-refractivity contribution in [3.05, 3.63) is 41.7 Å². The minimum Gasteiger partial charge on any atom is -0.302 e. The highest BCUT2D eigenvalue weighted by molar-refractivity contribution is 6.52. The van der Waals surface area contributed by atoms with E-state index in [9.17, 15) is 14.0 Å². The van der Waals surface area contributed by atoms with E-state index >= 15 is 0 Å². The predicted octanol–water partition coefficient (Wildman–Crippen LogP) is 2.24. The van der Waals surface area contributed by atoms with Gasteiger partial charge in [-0.2, -0.15) is 0 Å². The van der Waals surface area contributed by atoms with Crippen molar-refractivity contribution in [3.8, 4) is 0 Å². The van der Waals surface area contributed by atoms with Gasteiger partial charge in [-0.3, -0.25) is 9.59 Å². The highest BCUT2D eigenvalue weighted by Crippen LogP contribution is 2.32. The maximum atomic E-state index is 13.8. The van der Waals surface area contributed by atoms with E-state index < -0.39 is 17.5 Å². The van der Waals surface area contributed by atoms with Crippen LogP contribution in [0.4, 0.5) is 10.1 Å². The summed E-state index contributed by atoms with van der Waals surface area (Å²) in [5, 5.41) is 0. The summed E-state index contributed by atoms with van der Waals surface area (Å²) in [5.41, 5.74) is 0.900. The number of carbonyl (C=O) groups excluding carboxylic acids is 2. The molecule has 0 unspecified atom stereocenters. The first-order valence-corrected chi connectivity index (χ1v) is 5.33. The van der Waals surface area contributed by atoms with Gasteiger partial charge in [-0.05, 0) is 31.0 Å². The molecule has 0 spiro atoms. The number of amides is 1. The number of fused-ring (bicyclic) bond motifs is 1. The molecule has 0 aliphatic carbocycles. The van der Waals surface area contributed by atoms with E-state index in [4.69, 9.17) is 0 Å². The molecule has 0 bridgehead atoms. The first-order chi connectivity index (χ1) is 8.06. The van der Waals surface area contributed by atoms with E-state index in [1.807, 2.05) is 0 Å². The molecule has 0 saturated heterocycles. The van der Waals surface area contributed by atoms with Gasteiger partial charge in [0.05, 0.1) is 11.3 Å². The third kappa shape index (κ3) is 1.75. The van der Waals surface area contributed by atoms with Crippen LogP contribution in [0.2, 0.25) is 0 Å². The van der Waals surface area contributed by atoms with E-state index in [-0.39, 0.29) is 17.8 Å². The van der Waals surface area contributed by atoms with Crippen molar-refractivity contribution in [1.29, 1.82) is 0 Å². The van der Waals surface area contributed by atoms with Crippen LogP contribution in [-0.2, 0) is 4.79 Å². The molecular formula is C13H12FNO2. The van der Waals surface area contributed by atoms with Gasteiger partial charge in [0.1, 0.15) is 5.82 Å². The SMILES string of the molecule is C=CCCN1C(=O)C(=O)c2cc(C)cc(F)c21. The van der Waals surface area contributed by atoms with E-state index in [0.29, 0.717) is 12.0 Å². The molecule has 0 fully saturated rings. The zero-order chi connectivity index (χ0) is 12.6. The number of ketones is 1. The zero-order valence-corrected chi connectivity index (χ0v) is 9.50. The van der Waals surface area contributed by atoms with Gasteiger partial charge in [-0.25, -0.2) is 4.39 Å². The van der Waals surface area contributed by atoms with Crippen LogP contribution in [0.5, 0.6) is 0 Å². The number of carbonyl (C=O) groups is 2. The third-order valence-electron chi connectivity index (χ3n) is 2.72. The minimum atomic E-state index is -0.661. The summed E-state index contributed by atoms with van der Waals surface area (Å²) in [4.78, 5) is 24.6. The molecule has 0 N–H and O–H groups in total. The molecule has 88 valence electrons. The number of rotatable bonds is 3. The fourth-order valence-corrected chi connectivity index (χ4v) is 1.96. The summed E-state index contributed by atoms with van der Waals surface area (Å²) >= 11 is 0. The maximum absolute atomic E-state index is 13.8. The molecule has 1 aliphatic rings. The fourth-order valence-electron chi connectivity index (χ4n) is 1.96. The molecule has 1 aromatic carbocycles.